The minimum atomic E-state index is -0.353. The summed E-state index contributed by atoms with van der Waals surface area (Å²) in [5.41, 5.74) is 0.527. The van der Waals surface area contributed by atoms with Crippen molar-refractivity contribution in [3.05, 3.63) is 41.7 Å². The molecule has 0 aliphatic heterocycles. The van der Waals surface area contributed by atoms with Gasteiger partial charge in [0.2, 0.25) is 0 Å². The van der Waals surface area contributed by atoms with E-state index < -0.39 is 0 Å². The van der Waals surface area contributed by atoms with Gasteiger partial charge in [0.1, 0.15) is 6.33 Å². The average molecular weight is 264 g/mol. The Labute approximate surface area is 111 Å². The number of halogens is 1. The van der Waals surface area contributed by atoms with Crippen molar-refractivity contribution in [3.63, 3.8) is 0 Å². The Kier molecular flexibility index (Phi) is 4.46. The van der Waals surface area contributed by atoms with Gasteiger partial charge in [-0.2, -0.15) is 5.10 Å². The van der Waals surface area contributed by atoms with Crippen LogP contribution in [0.1, 0.15) is 18.3 Å². The van der Waals surface area contributed by atoms with E-state index >= 15 is 0 Å². The van der Waals surface area contributed by atoms with Gasteiger partial charge in [0.05, 0.1) is 20.2 Å². The maximum Gasteiger partial charge on any atom is 0.170 e. The Bertz CT molecular complexity index is 541. The van der Waals surface area contributed by atoms with Crippen molar-refractivity contribution >= 4 is 0 Å². The molecule has 0 saturated heterocycles. The molecule has 0 fully saturated rings. The lowest BCUT2D eigenvalue weighted by Gasteiger charge is -2.06. The molecule has 102 valence electrons. The lowest BCUT2D eigenvalue weighted by atomic mass is 10.2. The van der Waals surface area contributed by atoms with Crippen molar-refractivity contribution in [1.82, 2.24) is 20.1 Å². The molecular weight excluding hydrogens is 247 g/mol. The molecule has 2 rings (SSSR count). The van der Waals surface area contributed by atoms with Crippen LogP contribution in [0.25, 0.3) is 0 Å². The number of aromatic nitrogens is 3. The predicted octanol–water partition coefficient (Wildman–Crippen LogP) is 1.58. The van der Waals surface area contributed by atoms with E-state index in [-0.39, 0.29) is 11.6 Å². The second-order valence-corrected chi connectivity index (χ2v) is 4.07. The summed E-state index contributed by atoms with van der Waals surface area (Å²) < 4.78 is 20.5. The molecule has 0 amide bonds. The van der Waals surface area contributed by atoms with Crippen LogP contribution in [0.2, 0.25) is 0 Å². The van der Waals surface area contributed by atoms with Crippen LogP contribution in [-0.2, 0) is 13.1 Å². The predicted molar refractivity (Wildman–Crippen MR) is 69.5 cm³/mol. The summed E-state index contributed by atoms with van der Waals surface area (Å²) in [5.74, 6) is 0.587. The molecule has 5 nitrogen and oxygen atoms in total. The molecule has 1 heterocycles. The van der Waals surface area contributed by atoms with E-state index in [0.717, 1.165) is 6.54 Å². The lowest BCUT2D eigenvalue weighted by molar-refractivity contribution is 0.383. The molecule has 1 N–H and O–H groups in total. The quantitative estimate of drug-likeness (QED) is 0.860. The summed E-state index contributed by atoms with van der Waals surface area (Å²) in [6.45, 7) is 3.83. The fourth-order valence-electron chi connectivity index (χ4n) is 1.74. The van der Waals surface area contributed by atoms with Gasteiger partial charge in [0.15, 0.2) is 17.4 Å². The van der Waals surface area contributed by atoms with Gasteiger partial charge < -0.3 is 10.1 Å². The molecule has 0 saturated carbocycles. The van der Waals surface area contributed by atoms with Crippen molar-refractivity contribution in [3.8, 4) is 5.75 Å². The lowest BCUT2D eigenvalue weighted by Crippen LogP contribution is -2.13. The van der Waals surface area contributed by atoms with Gasteiger partial charge in [-0.3, -0.25) is 0 Å². The monoisotopic (exact) mass is 264 g/mol. The van der Waals surface area contributed by atoms with Gasteiger partial charge >= 0.3 is 0 Å². The van der Waals surface area contributed by atoms with Crippen molar-refractivity contribution in [2.75, 3.05) is 13.7 Å². The van der Waals surface area contributed by atoms with Crippen LogP contribution in [-0.4, -0.2) is 28.4 Å². The number of nitrogens with zero attached hydrogens (tertiary/aromatic N) is 3. The van der Waals surface area contributed by atoms with E-state index in [9.17, 15) is 4.39 Å². The van der Waals surface area contributed by atoms with Crippen LogP contribution >= 0.6 is 0 Å². The number of ether oxygens (including phenoxy) is 1. The zero-order valence-corrected chi connectivity index (χ0v) is 11.1. The van der Waals surface area contributed by atoms with E-state index in [0.29, 0.717) is 24.5 Å². The number of hydrogen-bond acceptors (Lipinski definition) is 4. The summed E-state index contributed by atoms with van der Waals surface area (Å²) in [7, 11) is 1.45. The first kappa shape index (κ1) is 13.5. The Morgan fingerprint density at radius 1 is 1.42 bits per heavy atom. The molecule has 1 aromatic carbocycles. The molecule has 0 atom stereocenters. The minimum Gasteiger partial charge on any atom is -0.494 e. The van der Waals surface area contributed by atoms with Crippen molar-refractivity contribution in [1.29, 1.82) is 0 Å². The van der Waals surface area contributed by atoms with Crippen LogP contribution in [0.5, 0.6) is 5.75 Å². The third kappa shape index (κ3) is 3.29. The summed E-state index contributed by atoms with van der Waals surface area (Å²) in [6.07, 6.45) is 1.60. The molecule has 0 spiro atoms. The van der Waals surface area contributed by atoms with Gasteiger partial charge in [-0.15, -0.1) is 0 Å². The van der Waals surface area contributed by atoms with Gasteiger partial charge in [-0.25, -0.2) is 14.1 Å². The van der Waals surface area contributed by atoms with E-state index in [1.807, 2.05) is 6.92 Å². The summed E-state index contributed by atoms with van der Waals surface area (Å²) in [6, 6.07) is 5.06. The second kappa shape index (κ2) is 6.29. The first-order valence-electron chi connectivity index (χ1n) is 6.15. The topological polar surface area (TPSA) is 52.0 Å². The summed E-state index contributed by atoms with van der Waals surface area (Å²) in [4.78, 5) is 4.16. The summed E-state index contributed by atoms with van der Waals surface area (Å²) in [5, 5.41) is 7.41. The van der Waals surface area contributed by atoms with Crippen LogP contribution in [0.4, 0.5) is 4.39 Å². The molecule has 6 heteroatoms. The minimum absolute atomic E-state index is 0.241. The average Bonchev–Trinajstić information content (AvgIpc) is 2.86. The zero-order chi connectivity index (χ0) is 13.7. The first-order valence-corrected chi connectivity index (χ1v) is 6.15. The maximum atomic E-state index is 14.0. The van der Waals surface area contributed by atoms with E-state index in [1.54, 1.807) is 29.2 Å². The Balaban J connectivity index is 2.10. The zero-order valence-electron chi connectivity index (χ0n) is 11.1. The third-order valence-corrected chi connectivity index (χ3v) is 2.71. The fourth-order valence-corrected chi connectivity index (χ4v) is 1.74. The Morgan fingerprint density at radius 2 is 2.26 bits per heavy atom. The van der Waals surface area contributed by atoms with Crippen molar-refractivity contribution in [2.24, 2.45) is 0 Å². The van der Waals surface area contributed by atoms with Gasteiger partial charge in [0.25, 0.3) is 0 Å². The van der Waals surface area contributed by atoms with Crippen LogP contribution in [0.3, 0.4) is 0 Å². The molecule has 0 bridgehead atoms. The molecule has 0 radical (unpaired) electrons. The standard InChI is InChI=1S/C13H17FN4O/c1-3-15-7-12-16-9-18(17-12)8-10-5-4-6-11(19-2)13(10)14/h4-6,9,15H,3,7-8H2,1-2H3. The highest BCUT2D eigenvalue weighted by Crippen LogP contribution is 2.20. The van der Waals surface area contributed by atoms with E-state index in [2.05, 4.69) is 15.4 Å². The van der Waals surface area contributed by atoms with Gasteiger partial charge in [0, 0.05) is 5.56 Å². The maximum absolute atomic E-state index is 14.0. The number of hydrogen-bond donors (Lipinski definition) is 1. The number of methoxy groups -OCH3 is 1. The number of rotatable bonds is 6. The van der Waals surface area contributed by atoms with Crippen molar-refractivity contribution < 1.29 is 9.13 Å². The van der Waals surface area contributed by atoms with Gasteiger partial charge in [-0.05, 0) is 12.6 Å². The van der Waals surface area contributed by atoms with E-state index in [4.69, 9.17) is 4.74 Å². The van der Waals surface area contributed by atoms with E-state index in [1.165, 1.54) is 7.11 Å². The van der Waals surface area contributed by atoms with Crippen molar-refractivity contribution in [2.45, 2.75) is 20.0 Å². The Hall–Kier alpha value is -1.95. The molecule has 0 aliphatic rings. The molecular formula is C13H17FN4O. The largest absolute Gasteiger partial charge is 0.494 e. The molecule has 0 aliphatic carbocycles. The van der Waals surface area contributed by atoms with Crippen LogP contribution in [0.15, 0.2) is 24.5 Å². The van der Waals surface area contributed by atoms with Crippen LogP contribution in [0, 0.1) is 5.82 Å². The molecule has 19 heavy (non-hydrogen) atoms. The third-order valence-electron chi connectivity index (χ3n) is 2.71. The SMILES string of the molecule is CCNCc1ncn(Cc2cccc(OC)c2F)n1. The molecule has 1 aromatic heterocycles. The highest BCUT2D eigenvalue weighted by Gasteiger charge is 2.09. The molecule has 2 aromatic rings. The highest BCUT2D eigenvalue weighted by atomic mass is 19.1. The van der Waals surface area contributed by atoms with Crippen LogP contribution < -0.4 is 10.1 Å². The Morgan fingerprint density at radius 3 is 3.00 bits per heavy atom. The number of nitrogens with one attached hydrogen (secondary N) is 1. The normalized spacial score (nSPS) is 10.7. The summed E-state index contributed by atoms with van der Waals surface area (Å²) >= 11 is 0. The smallest absolute Gasteiger partial charge is 0.170 e. The number of benzene rings is 1. The fraction of sp³-hybridized carbons (Fsp3) is 0.385. The van der Waals surface area contributed by atoms with Gasteiger partial charge in [-0.1, -0.05) is 19.1 Å². The first-order chi connectivity index (χ1) is 9.24. The highest BCUT2D eigenvalue weighted by molar-refractivity contribution is 5.31. The molecule has 0 unspecified atom stereocenters. The second-order valence-electron chi connectivity index (χ2n) is 4.07.